The van der Waals surface area contributed by atoms with Gasteiger partial charge in [-0.25, -0.2) is 0 Å². The van der Waals surface area contributed by atoms with Gasteiger partial charge in [0.2, 0.25) is 0 Å². The average Bonchev–Trinajstić information content (AvgIpc) is 3.07. The van der Waals surface area contributed by atoms with Crippen molar-refractivity contribution in [2.45, 2.75) is 6.92 Å². The first kappa shape index (κ1) is 20.2. The number of hydrogen-bond acceptors (Lipinski definition) is 3. The van der Waals surface area contributed by atoms with Gasteiger partial charge in [-0.15, -0.1) is 0 Å². The minimum absolute atomic E-state index is 0.212. The van der Waals surface area contributed by atoms with Gasteiger partial charge in [0, 0.05) is 5.56 Å². The lowest BCUT2D eigenvalue weighted by molar-refractivity contribution is -0.114. The normalized spacial score (nSPS) is 14.9. The summed E-state index contributed by atoms with van der Waals surface area (Å²) < 4.78 is 5.24. The van der Waals surface area contributed by atoms with Gasteiger partial charge in [0.15, 0.2) is 0 Å². The predicted molar refractivity (Wildman–Crippen MR) is 123 cm³/mol. The lowest BCUT2D eigenvalue weighted by atomic mass is 10.00. The molecule has 4 nitrogen and oxygen atoms in total. The molecule has 0 bridgehead atoms. The number of benzene rings is 3. The highest BCUT2D eigenvalue weighted by Gasteiger charge is 2.32. The number of anilines is 1. The molecule has 1 heterocycles. The summed E-state index contributed by atoms with van der Waals surface area (Å²) in [7, 11) is 1.61. The molecule has 0 atom stereocenters. The van der Waals surface area contributed by atoms with Gasteiger partial charge in [0.25, 0.3) is 5.91 Å². The molecular weight excluding hydrogens is 419 g/mol. The number of carbonyl (C=O) groups is 1. The van der Waals surface area contributed by atoms with Crippen LogP contribution in [0.15, 0.2) is 77.4 Å². The number of halogens is 2. The topological polar surface area (TPSA) is 41.9 Å². The minimum atomic E-state index is -0.212. The standard InChI is InChI=1S/C24H18Cl2N2O2/c1-15-3-8-18(9-4-15)28-24(29)20(13-16-5-12-21(25)22(26)14-16)23(27-28)17-6-10-19(30-2)11-7-17/h3-14H,1-2H3. The molecule has 1 amide bonds. The van der Waals surface area contributed by atoms with Crippen LogP contribution in [0.25, 0.3) is 6.08 Å². The van der Waals surface area contributed by atoms with E-state index in [0.717, 1.165) is 22.4 Å². The van der Waals surface area contributed by atoms with E-state index in [9.17, 15) is 4.79 Å². The molecule has 0 saturated heterocycles. The van der Waals surface area contributed by atoms with Crippen LogP contribution < -0.4 is 9.75 Å². The Kier molecular flexibility index (Phi) is 5.62. The Balaban J connectivity index is 1.81. The first-order valence-corrected chi connectivity index (χ1v) is 10.0. The number of nitrogens with zero attached hydrogens (tertiary/aromatic N) is 2. The van der Waals surface area contributed by atoms with Crippen molar-refractivity contribution in [1.29, 1.82) is 0 Å². The molecule has 150 valence electrons. The van der Waals surface area contributed by atoms with Crippen LogP contribution in [-0.4, -0.2) is 18.7 Å². The number of aryl methyl sites for hydroxylation is 1. The van der Waals surface area contributed by atoms with Crippen LogP contribution >= 0.6 is 23.2 Å². The van der Waals surface area contributed by atoms with E-state index in [1.54, 1.807) is 25.3 Å². The van der Waals surface area contributed by atoms with Crippen LogP contribution in [-0.2, 0) is 4.79 Å². The van der Waals surface area contributed by atoms with E-state index in [2.05, 4.69) is 5.10 Å². The van der Waals surface area contributed by atoms with Gasteiger partial charge in [-0.3, -0.25) is 4.79 Å². The third-order valence-corrected chi connectivity index (χ3v) is 5.51. The molecule has 0 radical (unpaired) electrons. The molecule has 3 aromatic rings. The zero-order chi connectivity index (χ0) is 21.3. The van der Waals surface area contributed by atoms with Crippen LogP contribution in [0.4, 0.5) is 5.69 Å². The van der Waals surface area contributed by atoms with Crippen molar-refractivity contribution in [3.63, 3.8) is 0 Å². The highest BCUT2D eigenvalue weighted by molar-refractivity contribution is 6.42. The fraction of sp³-hybridized carbons (Fsp3) is 0.0833. The quantitative estimate of drug-likeness (QED) is 0.460. The monoisotopic (exact) mass is 436 g/mol. The smallest absolute Gasteiger partial charge is 0.281 e. The van der Waals surface area contributed by atoms with Crippen LogP contribution in [0.5, 0.6) is 5.75 Å². The summed E-state index contributed by atoms with van der Waals surface area (Å²) in [5.74, 6) is 0.518. The van der Waals surface area contributed by atoms with Crippen LogP contribution in [0, 0.1) is 6.92 Å². The van der Waals surface area contributed by atoms with Gasteiger partial charge in [-0.05, 0) is 67.1 Å². The number of hydrazone groups is 1. The Hall–Kier alpha value is -3.08. The van der Waals surface area contributed by atoms with Crippen molar-refractivity contribution in [2.75, 3.05) is 12.1 Å². The molecule has 0 N–H and O–H groups in total. The Bertz CT molecular complexity index is 1170. The second-order valence-electron chi connectivity index (χ2n) is 6.86. The molecule has 1 aliphatic rings. The molecule has 0 saturated carbocycles. The van der Waals surface area contributed by atoms with Gasteiger partial charge in [0.05, 0.1) is 28.4 Å². The van der Waals surface area contributed by atoms with Gasteiger partial charge in [-0.1, -0.05) is 47.0 Å². The van der Waals surface area contributed by atoms with Crippen molar-refractivity contribution in [1.82, 2.24) is 0 Å². The maximum atomic E-state index is 13.3. The summed E-state index contributed by atoms with van der Waals surface area (Å²) in [6, 6.07) is 20.4. The number of methoxy groups -OCH3 is 1. The molecule has 3 aromatic carbocycles. The molecule has 0 fully saturated rings. The van der Waals surface area contributed by atoms with Crippen molar-refractivity contribution in [3.8, 4) is 5.75 Å². The molecule has 0 aromatic heterocycles. The van der Waals surface area contributed by atoms with Gasteiger partial charge < -0.3 is 4.74 Å². The van der Waals surface area contributed by atoms with Gasteiger partial charge in [0.1, 0.15) is 11.5 Å². The molecular formula is C24H18Cl2N2O2. The number of rotatable bonds is 4. The summed E-state index contributed by atoms with van der Waals surface area (Å²) in [5.41, 5.74) is 4.43. The molecule has 0 aliphatic carbocycles. The van der Waals surface area contributed by atoms with Crippen molar-refractivity contribution in [3.05, 3.63) is 99.0 Å². The molecule has 30 heavy (non-hydrogen) atoms. The van der Waals surface area contributed by atoms with E-state index in [-0.39, 0.29) is 5.91 Å². The molecule has 1 aliphatic heterocycles. The molecule has 0 unspecified atom stereocenters. The van der Waals surface area contributed by atoms with E-state index in [4.69, 9.17) is 27.9 Å². The zero-order valence-corrected chi connectivity index (χ0v) is 17.9. The summed E-state index contributed by atoms with van der Waals surface area (Å²) >= 11 is 12.2. The third-order valence-electron chi connectivity index (χ3n) is 4.77. The van der Waals surface area contributed by atoms with E-state index >= 15 is 0 Å². The van der Waals surface area contributed by atoms with E-state index in [0.29, 0.717) is 27.0 Å². The van der Waals surface area contributed by atoms with E-state index in [1.807, 2.05) is 61.5 Å². The Labute approximate surface area is 185 Å². The fourth-order valence-electron chi connectivity index (χ4n) is 3.14. The van der Waals surface area contributed by atoms with Crippen molar-refractivity contribution < 1.29 is 9.53 Å². The summed E-state index contributed by atoms with van der Waals surface area (Å²) in [5, 5.41) is 6.95. The molecule has 4 rings (SSSR count). The second kappa shape index (κ2) is 8.34. The molecule has 6 heteroatoms. The van der Waals surface area contributed by atoms with E-state index in [1.165, 1.54) is 5.01 Å². The lowest BCUT2D eigenvalue weighted by Crippen LogP contribution is -2.21. The first-order chi connectivity index (χ1) is 14.5. The predicted octanol–water partition coefficient (Wildman–Crippen LogP) is 6.14. The lowest BCUT2D eigenvalue weighted by Gasteiger charge is -2.11. The summed E-state index contributed by atoms with van der Waals surface area (Å²) in [6.07, 6.45) is 1.78. The Morgan fingerprint density at radius 2 is 1.63 bits per heavy atom. The average molecular weight is 437 g/mol. The second-order valence-corrected chi connectivity index (χ2v) is 7.68. The summed E-state index contributed by atoms with van der Waals surface area (Å²) in [4.78, 5) is 13.3. The van der Waals surface area contributed by atoms with Crippen molar-refractivity contribution >= 4 is 46.6 Å². The first-order valence-electron chi connectivity index (χ1n) is 9.27. The SMILES string of the molecule is COc1ccc(C2=NN(c3ccc(C)cc3)C(=O)C2=Cc2ccc(Cl)c(Cl)c2)cc1. The third kappa shape index (κ3) is 3.97. The van der Waals surface area contributed by atoms with E-state index < -0.39 is 0 Å². The Morgan fingerprint density at radius 3 is 2.27 bits per heavy atom. The number of carbonyl (C=O) groups excluding carboxylic acids is 1. The number of amides is 1. The van der Waals surface area contributed by atoms with Gasteiger partial charge in [-0.2, -0.15) is 10.1 Å². The fourth-order valence-corrected chi connectivity index (χ4v) is 3.44. The largest absolute Gasteiger partial charge is 0.497 e. The highest BCUT2D eigenvalue weighted by Crippen LogP contribution is 2.30. The van der Waals surface area contributed by atoms with Gasteiger partial charge >= 0.3 is 0 Å². The Morgan fingerprint density at radius 1 is 0.933 bits per heavy atom. The summed E-state index contributed by atoms with van der Waals surface area (Å²) in [6.45, 7) is 2.00. The minimum Gasteiger partial charge on any atom is -0.497 e. The maximum Gasteiger partial charge on any atom is 0.281 e. The number of hydrogen-bond donors (Lipinski definition) is 0. The zero-order valence-electron chi connectivity index (χ0n) is 16.4. The molecule has 0 spiro atoms. The number of ether oxygens (including phenoxy) is 1. The van der Waals surface area contributed by atoms with Crippen molar-refractivity contribution in [2.24, 2.45) is 5.10 Å². The van der Waals surface area contributed by atoms with Crippen LogP contribution in [0.1, 0.15) is 16.7 Å². The van der Waals surface area contributed by atoms with Crippen LogP contribution in [0.3, 0.4) is 0 Å². The maximum absolute atomic E-state index is 13.3. The highest BCUT2D eigenvalue weighted by atomic mass is 35.5. The van der Waals surface area contributed by atoms with Crippen LogP contribution in [0.2, 0.25) is 10.0 Å².